The van der Waals surface area contributed by atoms with Gasteiger partial charge in [-0.1, -0.05) is 0 Å². The summed E-state index contributed by atoms with van der Waals surface area (Å²) in [5.41, 5.74) is 0. The Hall–Kier alpha value is -0.490. The first-order valence-electron chi connectivity index (χ1n) is 7.71. The van der Waals surface area contributed by atoms with Crippen molar-refractivity contribution >= 4 is 5.78 Å². The highest BCUT2D eigenvalue weighted by Crippen LogP contribution is 2.31. The van der Waals surface area contributed by atoms with Crippen molar-refractivity contribution in [3.63, 3.8) is 0 Å². The molecule has 0 radical (unpaired) electrons. The number of hydrogen-bond acceptors (Lipinski definition) is 5. The van der Waals surface area contributed by atoms with Crippen LogP contribution in [0.25, 0.3) is 0 Å². The fourth-order valence-electron chi connectivity index (χ4n) is 3.23. The van der Waals surface area contributed by atoms with Crippen LogP contribution in [0.2, 0.25) is 0 Å². The van der Waals surface area contributed by atoms with Crippen LogP contribution in [0.1, 0.15) is 33.1 Å². The van der Waals surface area contributed by atoms with E-state index in [1.165, 1.54) is 0 Å². The maximum Gasteiger partial charge on any atom is 0.164 e. The summed E-state index contributed by atoms with van der Waals surface area (Å²) < 4.78 is 16.6. The Morgan fingerprint density at radius 3 is 2.25 bits per heavy atom. The number of fused-ring (bicyclic) bond motifs is 2. The van der Waals surface area contributed by atoms with Gasteiger partial charge in [0.1, 0.15) is 5.78 Å². The SMILES string of the molecule is CCOC(CC(=O)C1CC2COCC(C1)N2C)OCC. The minimum atomic E-state index is -0.381. The minimum Gasteiger partial charge on any atom is -0.378 e. The van der Waals surface area contributed by atoms with Crippen LogP contribution in [-0.2, 0) is 19.0 Å². The number of ether oxygens (including phenoxy) is 3. The van der Waals surface area contributed by atoms with Crippen LogP contribution < -0.4 is 0 Å². The lowest BCUT2D eigenvalue weighted by atomic mass is 9.82. The number of hydrogen-bond donors (Lipinski definition) is 0. The first-order chi connectivity index (χ1) is 9.65. The fourth-order valence-corrected chi connectivity index (χ4v) is 3.23. The Bertz CT molecular complexity index is 303. The van der Waals surface area contributed by atoms with Gasteiger partial charge >= 0.3 is 0 Å². The second-order valence-corrected chi connectivity index (χ2v) is 5.69. The number of nitrogens with zero attached hydrogens (tertiary/aromatic N) is 1. The number of Topliss-reactive ketones (excluding diaryl/α,β-unsaturated/α-hetero) is 1. The van der Waals surface area contributed by atoms with Crippen molar-refractivity contribution in [2.75, 3.05) is 33.5 Å². The van der Waals surface area contributed by atoms with Crippen LogP contribution in [0.15, 0.2) is 0 Å². The largest absolute Gasteiger partial charge is 0.378 e. The molecular weight excluding hydrogens is 258 g/mol. The summed E-state index contributed by atoms with van der Waals surface area (Å²) in [5, 5.41) is 0. The molecule has 0 aromatic rings. The third-order valence-corrected chi connectivity index (χ3v) is 4.41. The number of carbonyl (C=O) groups excluding carboxylic acids is 1. The molecule has 2 heterocycles. The van der Waals surface area contributed by atoms with Crippen LogP contribution >= 0.6 is 0 Å². The van der Waals surface area contributed by atoms with E-state index in [-0.39, 0.29) is 18.0 Å². The van der Waals surface area contributed by atoms with Crippen molar-refractivity contribution in [3.05, 3.63) is 0 Å². The molecule has 2 fully saturated rings. The highest BCUT2D eigenvalue weighted by Gasteiger charge is 2.39. The van der Waals surface area contributed by atoms with Gasteiger partial charge < -0.3 is 14.2 Å². The molecule has 0 spiro atoms. The molecule has 0 aromatic heterocycles. The molecule has 5 heteroatoms. The molecule has 0 amide bonds. The molecule has 0 saturated carbocycles. The second-order valence-electron chi connectivity index (χ2n) is 5.69. The molecule has 20 heavy (non-hydrogen) atoms. The Morgan fingerprint density at radius 2 is 1.75 bits per heavy atom. The van der Waals surface area contributed by atoms with Gasteiger partial charge in [0.2, 0.25) is 0 Å². The third kappa shape index (κ3) is 3.79. The molecule has 2 aliphatic rings. The summed E-state index contributed by atoms with van der Waals surface area (Å²) in [4.78, 5) is 14.8. The van der Waals surface area contributed by atoms with Crippen LogP contribution in [-0.4, -0.2) is 62.5 Å². The Kier molecular flexibility index (Phi) is 5.96. The first kappa shape index (κ1) is 15.9. The minimum absolute atomic E-state index is 0.133. The van der Waals surface area contributed by atoms with Gasteiger partial charge in [0.25, 0.3) is 0 Å². The summed E-state index contributed by atoms with van der Waals surface area (Å²) in [5.74, 6) is 0.412. The molecule has 2 atom stereocenters. The summed E-state index contributed by atoms with van der Waals surface area (Å²) in [7, 11) is 2.14. The van der Waals surface area contributed by atoms with E-state index in [0.717, 1.165) is 26.1 Å². The third-order valence-electron chi connectivity index (χ3n) is 4.41. The van der Waals surface area contributed by atoms with E-state index in [9.17, 15) is 4.79 Å². The van der Waals surface area contributed by atoms with Gasteiger partial charge in [-0.2, -0.15) is 0 Å². The Morgan fingerprint density at radius 1 is 1.20 bits per heavy atom. The first-order valence-corrected chi connectivity index (χ1v) is 7.71. The zero-order valence-corrected chi connectivity index (χ0v) is 12.8. The van der Waals surface area contributed by atoms with Crippen molar-refractivity contribution in [1.29, 1.82) is 0 Å². The second kappa shape index (κ2) is 7.50. The van der Waals surface area contributed by atoms with Crippen molar-refractivity contribution in [1.82, 2.24) is 4.90 Å². The molecule has 2 bridgehead atoms. The molecule has 0 aromatic carbocycles. The summed E-state index contributed by atoms with van der Waals surface area (Å²) in [6.45, 7) is 6.49. The van der Waals surface area contributed by atoms with Gasteiger partial charge in [0.15, 0.2) is 6.29 Å². The molecule has 0 N–H and O–H groups in total. The van der Waals surface area contributed by atoms with Crippen molar-refractivity contribution in [3.8, 4) is 0 Å². The maximum absolute atomic E-state index is 12.5. The van der Waals surface area contributed by atoms with E-state index in [2.05, 4.69) is 11.9 Å². The monoisotopic (exact) mass is 285 g/mol. The number of ketones is 1. The van der Waals surface area contributed by atoms with Gasteiger partial charge in [-0.05, 0) is 33.7 Å². The Balaban J connectivity index is 1.89. The smallest absolute Gasteiger partial charge is 0.164 e. The number of rotatable bonds is 7. The zero-order chi connectivity index (χ0) is 14.5. The Labute approximate surface area is 121 Å². The molecule has 0 aliphatic carbocycles. The standard InChI is InChI=1S/C15H27NO4/c1-4-19-15(20-5-2)8-14(17)11-6-12-9-18-10-13(7-11)16(12)3/h11-13,15H,4-10H2,1-3H3. The van der Waals surface area contributed by atoms with Crippen molar-refractivity contribution in [2.24, 2.45) is 5.92 Å². The highest BCUT2D eigenvalue weighted by atomic mass is 16.7. The van der Waals surface area contributed by atoms with E-state index in [4.69, 9.17) is 14.2 Å². The highest BCUT2D eigenvalue weighted by molar-refractivity contribution is 5.81. The van der Waals surface area contributed by atoms with Crippen LogP contribution in [0, 0.1) is 5.92 Å². The summed E-state index contributed by atoms with van der Waals surface area (Å²) in [6, 6.07) is 0.767. The average Bonchev–Trinajstić information content (AvgIpc) is 2.38. The summed E-state index contributed by atoms with van der Waals surface area (Å²) >= 11 is 0. The number of likely N-dealkylation sites (N-methyl/N-ethyl adjacent to an activating group) is 1. The van der Waals surface area contributed by atoms with Crippen molar-refractivity contribution in [2.45, 2.75) is 51.5 Å². The lowest BCUT2D eigenvalue weighted by molar-refractivity contribution is -0.158. The van der Waals surface area contributed by atoms with Gasteiger partial charge in [0.05, 0.1) is 19.6 Å². The van der Waals surface area contributed by atoms with Crippen LogP contribution in [0.3, 0.4) is 0 Å². The normalized spacial score (nSPS) is 30.7. The number of piperidine rings is 1. The zero-order valence-electron chi connectivity index (χ0n) is 12.8. The molecular formula is C15H27NO4. The maximum atomic E-state index is 12.5. The van der Waals surface area contributed by atoms with E-state index in [1.54, 1.807) is 0 Å². The van der Waals surface area contributed by atoms with Crippen LogP contribution in [0.5, 0.6) is 0 Å². The summed E-state index contributed by atoms with van der Waals surface area (Å²) in [6.07, 6.45) is 1.79. The molecule has 2 unspecified atom stereocenters. The number of morpholine rings is 1. The van der Waals surface area contributed by atoms with E-state index < -0.39 is 0 Å². The van der Waals surface area contributed by atoms with Gasteiger partial charge in [-0.3, -0.25) is 9.69 Å². The van der Waals surface area contributed by atoms with E-state index in [1.807, 2.05) is 13.8 Å². The molecule has 116 valence electrons. The molecule has 2 saturated heterocycles. The van der Waals surface area contributed by atoms with Crippen molar-refractivity contribution < 1.29 is 19.0 Å². The quantitative estimate of drug-likeness (QED) is 0.663. The van der Waals surface area contributed by atoms with E-state index in [0.29, 0.717) is 31.7 Å². The lowest BCUT2D eigenvalue weighted by Gasteiger charge is -2.46. The van der Waals surface area contributed by atoms with E-state index >= 15 is 0 Å². The van der Waals surface area contributed by atoms with Gasteiger partial charge in [-0.15, -0.1) is 0 Å². The fraction of sp³-hybridized carbons (Fsp3) is 0.933. The van der Waals surface area contributed by atoms with Crippen LogP contribution in [0.4, 0.5) is 0 Å². The average molecular weight is 285 g/mol. The lowest BCUT2D eigenvalue weighted by Crippen LogP contribution is -2.56. The predicted molar refractivity (Wildman–Crippen MR) is 75.5 cm³/mol. The topological polar surface area (TPSA) is 48.0 Å². The molecule has 2 rings (SSSR count). The molecule has 5 nitrogen and oxygen atoms in total. The predicted octanol–water partition coefficient (Wildman–Crippen LogP) is 1.45. The van der Waals surface area contributed by atoms with Gasteiger partial charge in [0, 0.05) is 31.2 Å². The number of carbonyl (C=O) groups is 1. The molecule has 2 aliphatic heterocycles. The van der Waals surface area contributed by atoms with Gasteiger partial charge in [-0.25, -0.2) is 0 Å².